The fraction of sp³-hybridized carbons (Fsp3) is 0.929. The summed E-state index contributed by atoms with van der Waals surface area (Å²) in [5.41, 5.74) is 0. The van der Waals surface area contributed by atoms with Crippen molar-refractivity contribution in [1.29, 1.82) is 0 Å². The van der Waals surface area contributed by atoms with Crippen LogP contribution < -0.4 is 0 Å². The van der Waals surface area contributed by atoms with Gasteiger partial charge < -0.3 is 9.64 Å². The number of nitrogens with zero attached hydrogens (tertiary/aromatic N) is 2. The first-order valence-corrected chi connectivity index (χ1v) is 7.48. The molecular weight excluding hydrogens is 285 g/mol. The molecule has 0 bridgehead atoms. The molecule has 2 saturated heterocycles. The summed E-state index contributed by atoms with van der Waals surface area (Å²) in [5.74, 6) is -1.23. The van der Waals surface area contributed by atoms with Gasteiger partial charge in [-0.25, -0.2) is 0 Å². The fourth-order valence-corrected chi connectivity index (χ4v) is 3.09. The fourth-order valence-electron chi connectivity index (χ4n) is 3.09. The lowest BCUT2D eigenvalue weighted by Gasteiger charge is -2.38. The molecule has 1 amide bonds. The molecule has 0 aromatic carbocycles. The highest BCUT2D eigenvalue weighted by Gasteiger charge is 2.41. The van der Waals surface area contributed by atoms with Crippen molar-refractivity contribution in [3.05, 3.63) is 0 Å². The molecule has 2 rings (SSSR count). The Kier molecular flexibility index (Phi) is 5.14. The second-order valence-corrected chi connectivity index (χ2v) is 6.15. The molecule has 2 fully saturated rings. The molecule has 21 heavy (non-hydrogen) atoms. The highest BCUT2D eigenvalue weighted by molar-refractivity contribution is 5.78. The number of alkyl halides is 3. The van der Waals surface area contributed by atoms with Crippen LogP contribution in [0.1, 0.15) is 26.7 Å². The summed E-state index contributed by atoms with van der Waals surface area (Å²) in [6.45, 7) is 5.85. The zero-order chi connectivity index (χ0) is 15.6. The van der Waals surface area contributed by atoms with Crippen LogP contribution in [0.2, 0.25) is 0 Å². The molecular formula is C14H23F3N2O2. The number of carbonyl (C=O) groups excluding carboxylic acids is 1. The number of amides is 1. The number of halogens is 3. The van der Waals surface area contributed by atoms with E-state index in [1.165, 1.54) is 0 Å². The van der Waals surface area contributed by atoms with Gasteiger partial charge in [-0.15, -0.1) is 0 Å². The summed E-state index contributed by atoms with van der Waals surface area (Å²) in [7, 11) is 0. The van der Waals surface area contributed by atoms with E-state index in [9.17, 15) is 18.0 Å². The standard InChI is InChI=1S/C14H23F3N2O2/c1-10-7-19(8-11(2)21-10)13(20)9-18-5-3-12(4-6-18)14(15,16)17/h10-12H,3-9H2,1-2H3/t10-,11+. The Balaban J connectivity index is 1.79. The van der Waals surface area contributed by atoms with E-state index < -0.39 is 12.1 Å². The molecule has 0 aromatic heterocycles. The van der Waals surface area contributed by atoms with Gasteiger partial charge in [-0.1, -0.05) is 0 Å². The van der Waals surface area contributed by atoms with E-state index in [4.69, 9.17) is 4.74 Å². The molecule has 0 aromatic rings. The van der Waals surface area contributed by atoms with Crippen molar-refractivity contribution >= 4 is 5.91 Å². The quantitative estimate of drug-likeness (QED) is 0.781. The molecule has 2 aliphatic heterocycles. The van der Waals surface area contributed by atoms with Gasteiger partial charge in [0, 0.05) is 13.1 Å². The molecule has 4 nitrogen and oxygen atoms in total. The Hall–Kier alpha value is -0.820. The van der Waals surface area contributed by atoms with Crippen LogP contribution in [0.25, 0.3) is 0 Å². The second-order valence-electron chi connectivity index (χ2n) is 6.15. The third-order valence-corrected chi connectivity index (χ3v) is 4.18. The highest BCUT2D eigenvalue weighted by Crippen LogP contribution is 2.34. The first kappa shape index (κ1) is 16.5. The van der Waals surface area contributed by atoms with Crippen molar-refractivity contribution in [2.45, 2.75) is 45.1 Å². The maximum atomic E-state index is 12.6. The summed E-state index contributed by atoms with van der Waals surface area (Å²) < 4.78 is 43.4. The van der Waals surface area contributed by atoms with Crippen molar-refractivity contribution in [3.8, 4) is 0 Å². The Morgan fingerprint density at radius 3 is 2.14 bits per heavy atom. The predicted octanol–water partition coefficient (Wildman–Crippen LogP) is 1.90. The van der Waals surface area contributed by atoms with Crippen LogP contribution in [-0.2, 0) is 9.53 Å². The number of likely N-dealkylation sites (tertiary alicyclic amines) is 1. The third-order valence-electron chi connectivity index (χ3n) is 4.18. The lowest BCUT2D eigenvalue weighted by molar-refractivity contribution is -0.185. The highest BCUT2D eigenvalue weighted by atomic mass is 19.4. The van der Waals surface area contributed by atoms with E-state index in [-0.39, 0.29) is 37.5 Å². The topological polar surface area (TPSA) is 32.8 Å². The number of morpholine rings is 1. The minimum atomic E-state index is -4.11. The van der Waals surface area contributed by atoms with E-state index in [1.54, 1.807) is 4.90 Å². The number of rotatable bonds is 2. The number of hydrogen-bond donors (Lipinski definition) is 0. The lowest BCUT2D eigenvalue weighted by atomic mass is 9.96. The maximum Gasteiger partial charge on any atom is 0.391 e. The monoisotopic (exact) mass is 308 g/mol. The van der Waals surface area contributed by atoms with Crippen LogP contribution in [0, 0.1) is 5.92 Å². The van der Waals surface area contributed by atoms with Gasteiger partial charge in [0.15, 0.2) is 0 Å². The molecule has 0 aliphatic carbocycles. The van der Waals surface area contributed by atoms with Crippen molar-refractivity contribution in [2.24, 2.45) is 5.92 Å². The zero-order valence-corrected chi connectivity index (χ0v) is 12.5. The van der Waals surface area contributed by atoms with Crippen LogP contribution in [0.4, 0.5) is 13.2 Å². The summed E-state index contributed by atoms with van der Waals surface area (Å²) in [6, 6.07) is 0. The SMILES string of the molecule is C[C@@H]1CN(C(=O)CN2CCC(C(F)(F)F)CC2)C[C@H](C)O1. The van der Waals surface area contributed by atoms with Gasteiger partial charge >= 0.3 is 6.18 Å². The van der Waals surface area contributed by atoms with E-state index in [1.807, 2.05) is 18.7 Å². The smallest absolute Gasteiger partial charge is 0.372 e. The van der Waals surface area contributed by atoms with Crippen molar-refractivity contribution in [3.63, 3.8) is 0 Å². The Morgan fingerprint density at radius 2 is 1.67 bits per heavy atom. The minimum absolute atomic E-state index is 0.00802. The van der Waals surface area contributed by atoms with Gasteiger partial charge in [-0.2, -0.15) is 13.2 Å². The first-order chi connectivity index (χ1) is 9.75. The third kappa shape index (κ3) is 4.57. The van der Waals surface area contributed by atoms with Crippen LogP contribution in [-0.4, -0.2) is 66.8 Å². The number of ether oxygens (including phenoxy) is 1. The lowest BCUT2D eigenvalue weighted by Crippen LogP contribution is -2.52. The second kappa shape index (κ2) is 6.52. The van der Waals surface area contributed by atoms with Crippen LogP contribution in [0.3, 0.4) is 0 Å². The number of carbonyl (C=O) groups is 1. The zero-order valence-electron chi connectivity index (χ0n) is 12.5. The van der Waals surface area contributed by atoms with E-state index in [0.29, 0.717) is 26.2 Å². The molecule has 0 N–H and O–H groups in total. The van der Waals surface area contributed by atoms with Crippen molar-refractivity contribution in [2.75, 3.05) is 32.7 Å². The van der Waals surface area contributed by atoms with Gasteiger partial charge in [0.1, 0.15) is 0 Å². The molecule has 0 saturated carbocycles. The van der Waals surface area contributed by atoms with Crippen LogP contribution in [0.5, 0.6) is 0 Å². The largest absolute Gasteiger partial charge is 0.391 e. The summed E-state index contributed by atoms with van der Waals surface area (Å²) >= 11 is 0. The van der Waals surface area contributed by atoms with E-state index >= 15 is 0 Å². The summed E-state index contributed by atoms with van der Waals surface area (Å²) in [5, 5.41) is 0. The maximum absolute atomic E-state index is 12.6. The average molecular weight is 308 g/mol. The molecule has 0 spiro atoms. The molecule has 0 unspecified atom stereocenters. The van der Waals surface area contributed by atoms with Gasteiger partial charge in [0.05, 0.1) is 24.7 Å². The first-order valence-electron chi connectivity index (χ1n) is 7.48. The molecule has 2 atom stereocenters. The number of piperidine rings is 1. The average Bonchev–Trinajstić information content (AvgIpc) is 2.37. The van der Waals surface area contributed by atoms with Crippen molar-refractivity contribution < 1.29 is 22.7 Å². The van der Waals surface area contributed by atoms with Crippen LogP contribution in [0.15, 0.2) is 0 Å². The Bertz CT molecular complexity index is 358. The Morgan fingerprint density at radius 1 is 1.14 bits per heavy atom. The summed E-state index contributed by atoms with van der Waals surface area (Å²) in [4.78, 5) is 15.8. The normalized spacial score (nSPS) is 29.7. The van der Waals surface area contributed by atoms with E-state index in [2.05, 4.69) is 0 Å². The predicted molar refractivity (Wildman–Crippen MR) is 71.8 cm³/mol. The Labute approximate surface area is 123 Å². The van der Waals surface area contributed by atoms with Gasteiger partial charge in [-0.3, -0.25) is 9.69 Å². The van der Waals surface area contributed by atoms with Crippen molar-refractivity contribution in [1.82, 2.24) is 9.80 Å². The molecule has 7 heteroatoms. The van der Waals surface area contributed by atoms with Gasteiger partial charge in [0.2, 0.25) is 5.91 Å². The minimum Gasteiger partial charge on any atom is -0.372 e. The van der Waals surface area contributed by atoms with E-state index in [0.717, 1.165) is 0 Å². The van der Waals surface area contributed by atoms with Crippen LogP contribution >= 0.6 is 0 Å². The molecule has 0 radical (unpaired) electrons. The van der Waals surface area contributed by atoms with Gasteiger partial charge in [-0.05, 0) is 39.8 Å². The molecule has 2 aliphatic rings. The molecule has 122 valence electrons. The summed E-state index contributed by atoms with van der Waals surface area (Å²) in [6.07, 6.45) is -3.91. The molecule has 2 heterocycles. The van der Waals surface area contributed by atoms with Gasteiger partial charge in [0.25, 0.3) is 0 Å². The number of hydrogen-bond acceptors (Lipinski definition) is 3.